The standard InChI is InChI=1S/C10H8ClNO2/c1-3-12-9-6-7(10(13)14-2)4-5-8(9)11/h4-6H,1H2,2H3. The van der Waals surface area contributed by atoms with E-state index in [1.165, 1.54) is 13.2 Å². The van der Waals surface area contributed by atoms with Crippen LogP contribution in [0.3, 0.4) is 0 Å². The second-order valence-corrected chi connectivity index (χ2v) is 2.83. The van der Waals surface area contributed by atoms with Gasteiger partial charge in [0.2, 0.25) is 0 Å². The summed E-state index contributed by atoms with van der Waals surface area (Å²) in [5.41, 5.74) is 0.843. The zero-order valence-electron chi connectivity index (χ0n) is 7.58. The third-order valence-electron chi connectivity index (χ3n) is 1.57. The molecule has 0 aliphatic heterocycles. The van der Waals surface area contributed by atoms with Crippen LogP contribution in [0.5, 0.6) is 0 Å². The maximum atomic E-state index is 11.1. The quantitative estimate of drug-likeness (QED) is 0.555. The summed E-state index contributed by atoms with van der Waals surface area (Å²) in [6.45, 7) is 3.33. The van der Waals surface area contributed by atoms with Crippen LogP contribution in [0.4, 0.5) is 5.69 Å². The van der Waals surface area contributed by atoms with Crippen molar-refractivity contribution in [2.45, 2.75) is 0 Å². The number of ether oxygens (including phenoxy) is 1. The molecule has 0 N–H and O–H groups in total. The molecule has 3 nitrogen and oxygen atoms in total. The topological polar surface area (TPSA) is 38.7 Å². The van der Waals surface area contributed by atoms with E-state index in [4.69, 9.17) is 11.6 Å². The predicted molar refractivity (Wildman–Crippen MR) is 55.5 cm³/mol. The van der Waals surface area contributed by atoms with Crippen molar-refractivity contribution in [1.82, 2.24) is 0 Å². The molecule has 0 aliphatic carbocycles. The van der Waals surface area contributed by atoms with Gasteiger partial charge < -0.3 is 4.74 Å². The summed E-state index contributed by atoms with van der Waals surface area (Å²) in [5.74, 6) is 1.92. The summed E-state index contributed by atoms with van der Waals surface area (Å²) in [4.78, 5) is 14.9. The van der Waals surface area contributed by atoms with Crippen molar-refractivity contribution in [2.24, 2.45) is 4.99 Å². The Balaban J connectivity index is 3.18. The maximum Gasteiger partial charge on any atom is 0.337 e. The molecule has 0 radical (unpaired) electrons. The van der Waals surface area contributed by atoms with Crippen LogP contribution < -0.4 is 0 Å². The molecule has 72 valence electrons. The summed E-state index contributed by atoms with van der Waals surface area (Å²) in [6.07, 6.45) is 0. The Labute approximate surface area is 86.7 Å². The van der Waals surface area contributed by atoms with E-state index in [1.54, 1.807) is 12.1 Å². The van der Waals surface area contributed by atoms with Crippen LogP contribution in [-0.2, 0) is 4.74 Å². The molecule has 14 heavy (non-hydrogen) atoms. The number of benzene rings is 1. The molecule has 0 amide bonds. The number of hydrogen-bond donors (Lipinski definition) is 0. The molecule has 0 bridgehead atoms. The number of esters is 1. The van der Waals surface area contributed by atoms with E-state index in [-0.39, 0.29) is 0 Å². The highest BCUT2D eigenvalue weighted by Crippen LogP contribution is 2.25. The van der Waals surface area contributed by atoms with Crippen LogP contribution in [-0.4, -0.2) is 18.9 Å². The molecule has 0 aliphatic rings. The molecular formula is C10H8ClNO2. The minimum atomic E-state index is -0.429. The Kier molecular flexibility index (Phi) is 3.46. The Morgan fingerprint density at radius 3 is 2.93 bits per heavy atom. The molecule has 1 aromatic carbocycles. The molecule has 0 heterocycles. The Bertz CT molecular complexity index is 409. The van der Waals surface area contributed by atoms with E-state index in [9.17, 15) is 4.79 Å². The van der Waals surface area contributed by atoms with Gasteiger partial charge >= 0.3 is 5.97 Å². The van der Waals surface area contributed by atoms with Gasteiger partial charge in [0.15, 0.2) is 0 Å². The number of hydrogen-bond acceptors (Lipinski definition) is 3. The van der Waals surface area contributed by atoms with E-state index in [0.29, 0.717) is 16.3 Å². The van der Waals surface area contributed by atoms with Gasteiger partial charge in [-0.2, -0.15) is 0 Å². The van der Waals surface area contributed by atoms with Crippen LogP contribution in [0.1, 0.15) is 10.4 Å². The van der Waals surface area contributed by atoms with Crippen molar-refractivity contribution >= 4 is 29.1 Å². The maximum absolute atomic E-state index is 11.1. The third-order valence-corrected chi connectivity index (χ3v) is 1.89. The van der Waals surface area contributed by atoms with Crippen LogP contribution in [0.25, 0.3) is 0 Å². The fourth-order valence-electron chi connectivity index (χ4n) is 0.928. The van der Waals surface area contributed by atoms with Gasteiger partial charge in [0.1, 0.15) is 0 Å². The average Bonchev–Trinajstić information content (AvgIpc) is 2.20. The van der Waals surface area contributed by atoms with Crippen molar-refractivity contribution in [3.63, 3.8) is 0 Å². The van der Waals surface area contributed by atoms with E-state index in [1.807, 2.05) is 0 Å². The molecule has 0 atom stereocenters. The van der Waals surface area contributed by atoms with E-state index < -0.39 is 5.97 Å². The number of carbonyl (C=O) groups excluding carboxylic acids is 1. The molecule has 0 saturated carbocycles. The minimum absolute atomic E-state index is 0.394. The van der Waals surface area contributed by atoms with E-state index >= 15 is 0 Å². The van der Waals surface area contributed by atoms with E-state index in [0.717, 1.165) is 0 Å². The Morgan fingerprint density at radius 2 is 2.36 bits per heavy atom. The average molecular weight is 210 g/mol. The van der Waals surface area contributed by atoms with Crippen LogP contribution in [0.2, 0.25) is 5.02 Å². The summed E-state index contributed by atoms with van der Waals surface area (Å²) in [5, 5.41) is 0.439. The van der Waals surface area contributed by atoms with Crippen molar-refractivity contribution in [1.29, 1.82) is 0 Å². The first-order valence-corrected chi connectivity index (χ1v) is 4.17. The largest absolute Gasteiger partial charge is 0.465 e. The van der Waals surface area contributed by atoms with Crippen LogP contribution in [0.15, 0.2) is 29.8 Å². The lowest BCUT2D eigenvalue weighted by atomic mass is 10.2. The first-order chi connectivity index (χ1) is 6.69. The third kappa shape index (κ3) is 2.22. The summed E-state index contributed by atoms with van der Waals surface area (Å²) >= 11 is 5.81. The minimum Gasteiger partial charge on any atom is -0.465 e. The van der Waals surface area contributed by atoms with Gasteiger partial charge in [0.05, 0.1) is 23.4 Å². The number of nitrogens with zero attached hydrogens (tertiary/aromatic N) is 1. The molecule has 0 unspecified atom stereocenters. The monoisotopic (exact) mass is 209 g/mol. The molecule has 1 aromatic rings. The summed E-state index contributed by atoms with van der Waals surface area (Å²) in [7, 11) is 1.31. The predicted octanol–water partition coefficient (Wildman–Crippen LogP) is 2.61. The number of rotatable bonds is 2. The second kappa shape index (κ2) is 4.61. The lowest BCUT2D eigenvalue weighted by molar-refractivity contribution is 0.0601. The molecule has 1 rings (SSSR count). The van der Waals surface area contributed by atoms with Gasteiger partial charge in [-0.1, -0.05) is 11.6 Å². The van der Waals surface area contributed by atoms with Crippen molar-refractivity contribution in [3.05, 3.63) is 35.4 Å². The Hall–Kier alpha value is -1.57. The van der Waals surface area contributed by atoms with Crippen molar-refractivity contribution in [2.75, 3.05) is 7.11 Å². The van der Waals surface area contributed by atoms with Gasteiger partial charge in [0.25, 0.3) is 0 Å². The van der Waals surface area contributed by atoms with Gasteiger partial charge in [-0.05, 0) is 30.6 Å². The Morgan fingerprint density at radius 1 is 1.64 bits per heavy atom. The summed E-state index contributed by atoms with van der Waals surface area (Å²) < 4.78 is 4.55. The van der Waals surface area contributed by atoms with Crippen LogP contribution in [0, 0.1) is 0 Å². The zero-order valence-corrected chi connectivity index (χ0v) is 8.34. The number of methoxy groups -OCH3 is 1. The lowest BCUT2D eigenvalue weighted by Gasteiger charge is -2.01. The number of halogens is 1. The smallest absolute Gasteiger partial charge is 0.337 e. The van der Waals surface area contributed by atoms with Crippen molar-refractivity contribution in [3.8, 4) is 0 Å². The molecule has 0 aromatic heterocycles. The van der Waals surface area contributed by atoms with Gasteiger partial charge in [0, 0.05) is 0 Å². The SMILES string of the molecule is C=C=Nc1cc(C(=O)OC)ccc1Cl. The van der Waals surface area contributed by atoms with Crippen LogP contribution >= 0.6 is 11.6 Å². The molecule has 0 spiro atoms. The number of aliphatic imine (C=N–C) groups is 1. The van der Waals surface area contributed by atoms with Gasteiger partial charge in [-0.15, -0.1) is 0 Å². The second-order valence-electron chi connectivity index (χ2n) is 2.43. The van der Waals surface area contributed by atoms with E-state index in [2.05, 4.69) is 22.2 Å². The van der Waals surface area contributed by atoms with Crippen molar-refractivity contribution < 1.29 is 9.53 Å². The zero-order chi connectivity index (χ0) is 10.6. The fraction of sp³-hybridized carbons (Fsp3) is 0.100. The molecular weight excluding hydrogens is 202 g/mol. The lowest BCUT2D eigenvalue weighted by Crippen LogP contribution is -2.00. The number of carbonyl (C=O) groups is 1. The van der Waals surface area contributed by atoms with Gasteiger partial charge in [-0.25, -0.2) is 9.79 Å². The molecule has 0 saturated heterocycles. The highest BCUT2D eigenvalue weighted by molar-refractivity contribution is 6.33. The first-order valence-electron chi connectivity index (χ1n) is 3.79. The molecule has 0 fully saturated rings. The highest BCUT2D eigenvalue weighted by Gasteiger charge is 2.07. The fourth-order valence-corrected chi connectivity index (χ4v) is 1.09. The van der Waals surface area contributed by atoms with Gasteiger partial charge in [-0.3, -0.25) is 0 Å². The normalized spacial score (nSPS) is 9.00. The molecule has 4 heteroatoms. The first kappa shape index (κ1) is 10.5. The summed E-state index contributed by atoms with van der Waals surface area (Å²) in [6, 6.07) is 4.66. The highest BCUT2D eigenvalue weighted by atomic mass is 35.5.